The molecule has 0 bridgehead atoms. The van der Waals surface area contributed by atoms with E-state index in [-0.39, 0.29) is 12.6 Å². The molecule has 0 aromatic heterocycles. The zero-order valence-corrected chi connectivity index (χ0v) is 13.1. The number of rotatable bonds is 5. The lowest BCUT2D eigenvalue weighted by Crippen LogP contribution is -2.48. The average Bonchev–Trinajstić information content (AvgIpc) is 2.59. The van der Waals surface area contributed by atoms with Gasteiger partial charge >= 0.3 is 11.8 Å². The Morgan fingerprint density at radius 2 is 1.95 bits per heavy atom. The van der Waals surface area contributed by atoms with Gasteiger partial charge in [0.05, 0.1) is 19.8 Å². The first kappa shape index (κ1) is 17.2. The van der Waals surface area contributed by atoms with Crippen LogP contribution in [0.2, 0.25) is 0 Å². The SMILES string of the molecule is O=C(NCCCN1CCCCC1CO)C(=O)N1CCOCC1. The predicted octanol–water partition coefficient (Wildman–Crippen LogP) is -0.802. The summed E-state index contributed by atoms with van der Waals surface area (Å²) in [5, 5.41) is 12.0. The minimum absolute atomic E-state index is 0.196. The van der Waals surface area contributed by atoms with Crippen LogP contribution in [0.25, 0.3) is 0 Å². The van der Waals surface area contributed by atoms with Crippen molar-refractivity contribution in [1.29, 1.82) is 0 Å². The molecule has 0 aromatic rings. The molecule has 7 nitrogen and oxygen atoms in total. The zero-order chi connectivity index (χ0) is 15.8. The van der Waals surface area contributed by atoms with Crippen LogP contribution in [0.3, 0.4) is 0 Å². The Morgan fingerprint density at radius 1 is 1.18 bits per heavy atom. The molecule has 2 heterocycles. The number of aliphatic hydroxyl groups excluding tert-OH is 1. The molecule has 2 saturated heterocycles. The van der Waals surface area contributed by atoms with E-state index in [2.05, 4.69) is 10.2 Å². The second kappa shape index (κ2) is 9.07. The Labute approximate surface area is 131 Å². The van der Waals surface area contributed by atoms with Gasteiger partial charge < -0.3 is 20.1 Å². The number of ether oxygens (including phenoxy) is 1. The number of carbonyl (C=O) groups is 2. The molecule has 22 heavy (non-hydrogen) atoms. The molecule has 0 spiro atoms. The monoisotopic (exact) mass is 313 g/mol. The minimum Gasteiger partial charge on any atom is -0.395 e. The molecule has 0 aliphatic carbocycles. The molecule has 126 valence electrons. The minimum atomic E-state index is -0.528. The van der Waals surface area contributed by atoms with Gasteiger partial charge in [-0.25, -0.2) is 0 Å². The summed E-state index contributed by atoms with van der Waals surface area (Å²) in [4.78, 5) is 27.5. The van der Waals surface area contributed by atoms with Gasteiger partial charge in [0.2, 0.25) is 0 Å². The summed E-state index contributed by atoms with van der Waals surface area (Å²) in [5.74, 6) is -0.992. The maximum Gasteiger partial charge on any atom is 0.312 e. The van der Waals surface area contributed by atoms with Gasteiger partial charge in [0.15, 0.2) is 0 Å². The molecular weight excluding hydrogens is 286 g/mol. The number of piperidine rings is 1. The summed E-state index contributed by atoms with van der Waals surface area (Å²) in [7, 11) is 0. The Bertz CT molecular complexity index is 372. The van der Waals surface area contributed by atoms with E-state index < -0.39 is 11.8 Å². The van der Waals surface area contributed by atoms with Crippen LogP contribution < -0.4 is 5.32 Å². The Hall–Kier alpha value is -1.18. The number of aliphatic hydroxyl groups is 1. The number of hydrogen-bond donors (Lipinski definition) is 2. The first-order valence-electron chi connectivity index (χ1n) is 8.22. The number of nitrogens with one attached hydrogen (secondary N) is 1. The summed E-state index contributed by atoms with van der Waals surface area (Å²) in [5.41, 5.74) is 0. The lowest BCUT2D eigenvalue weighted by atomic mass is 10.0. The van der Waals surface area contributed by atoms with Gasteiger partial charge in [-0.2, -0.15) is 0 Å². The number of nitrogens with zero attached hydrogens (tertiary/aromatic N) is 2. The van der Waals surface area contributed by atoms with Crippen LogP contribution >= 0.6 is 0 Å². The number of likely N-dealkylation sites (tertiary alicyclic amines) is 1. The second-order valence-electron chi connectivity index (χ2n) is 5.88. The van der Waals surface area contributed by atoms with Crippen LogP contribution in [-0.4, -0.2) is 85.3 Å². The van der Waals surface area contributed by atoms with Crippen molar-refractivity contribution in [2.75, 3.05) is 52.5 Å². The highest BCUT2D eigenvalue weighted by molar-refractivity contribution is 6.35. The Balaban J connectivity index is 1.63. The van der Waals surface area contributed by atoms with Crippen molar-refractivity contribution in [3.05, 3.63) is 0 Å². The molecule has 2 amide bonds. The highest BCUT2D eigenvalue weighted by Crippen LogP contribution is 2.16. The highest BCUT2D eigenvalue weighted by Gasteiger charge is 2.24. The summed E-state index contributed by atoms with van der Waals surface area (Å²) < 4.78 is 5.16. The lowest BCUT2D eigenvalue weighted by molar-refractivity contribution is -0.148. The first-order chi connectivity index (χ1) is 10.7. The fraction of sp³-hybridized carbons (Fsp3) is 0.867. The summed E-state index contributed by atoms with van der Waals surface area (Å²) in [6.45, 7) is 4.50. The molecule has 2 N–H and O–H groups in total. The maximum atomic E-state index is 11.9. The van der Waals surface area contributed by atoms with Gasteiger partial charge in [-0.05, 0) is 25.8 Å². The Kier molecular flexibility index (Phi) is 7.08. The fourth-order valence-corrected chi connectivity index (χ4v) is 3.03. The van der Waals surface area contributed by atoms with E-state index in [4.69, 9.17) is 4.74 Å². The van der Waals surface area contributed by atoms with Gasteiger partial charge in [0, 0.05) is 32.2 Å². The predicted molar refractivity (Wildman–Crippen MR) is 81.3 cm³/mol. The molecule has 1 unspecified atom stereocenters. The molecule has 1 atom stereocenters. The molecule has 2 aliphatic heterocycles. The molecule has 2 fully saturated rings. The average molecular weight is 313 g/mol. The van der Waals surface area contributed by atoms with Crippen molar-refractivity contribution in [2.45, 2.75) is 31.7 Å². The lowest BCUT2D eigenvalue weighted by Gasteiger charge is -2.34. The van der Waals surface area contributed by atoms with Crippen LogP contribution in [0.15, 0.2) is 0 Å². The summed E-state index contributed by atoms with van der Waals surface area (Å²) >= 11 is 0. The molecule has 0 aromatic carbocycles. The molecule has 7 heteroatoms. The third-order valence-electron chi connectivity index (χ3n) is 4.36. The van der Waals surface area contributed by atoms with E-state index in [0.29, 0.717) is 32.8 Å². The number of amides is 2. The van der Waals surface area contributed by atoms with Crippen LogP contribution in [0, 0.1) is 0 Å². The third-order valence-corrected chi connectivity index (χ3v) is 4.36. The smallest absolute Gasteiger partial charge is 0.312 e. The van der Waals surface area contributed by atoms with Crippen molar-refractivity contribution < 1.29 is 19.4 Å². The van der Waals surface area contributed by atoms with Crippen LogP contribution in [0.5, 0.6) is 0 Å². The van der Waals surface area contributed by atoms with Gasteiger partial charge in [-0.3, -0.25) is 14.5 Å². The van der Waals surface area contributed by atoms with E-state index in [1.165, 1.54) is 17.7 Å². The second-order valence-corrected chi connectivity index (χ2v) is 5.88. The standard InChI is InChI=1S/C15H27N3O4/c19-12-13-4-1-2-6-17(13)7-3-5-16-14(20)15(21)18-8-10-22-11-9-18/h13,19H,1-12H2,(H,16,20). The molecule has 0 saturated carbocycles. The van der Waals surface area contributed by atoms with E-state index in [1.54, 1.807) is 0 Å². The van der Waals surface area contributed by atoms with E-state index >= 15 is 0 Å². The van der Waals surface area contributed by atoms with Crippen LogP contribution in [0.4, 0.5) is 0 Å². The van der Waals surface area contributed by atoms with Crippen molar-refractivity contribution in [3.8, 4) is 0 Å². The van der Waals surface area contributed by atoms with Gasteiger partial charge in [0.1, 0.15) is 0 Å². The molecular formula is C15H27N3O4. The van der Waals surface area contributed by atoms with E-state index in [9.17, 15) is 14.7 Å². The zero-order valence-electron chi connectivity index (χ0n) is 13.1. The first-order valence-corrected chi connectivity index (χ1v) is 8.22. The van der Waals surface area contributed by atoms with Gasteiger partial charge in [-0.15, -0.1) is 0 Å². The van der Waals surface area contributed by atoms with Crippen LogP contribution in [0.1, 0.15) is 25.7 Å². The van der Waals surface area contributed by atoms with Gasteiger partial charge in [0.25, 0.3) is 0 Å². The number of carbonyl (C=O) groups excluding carboxylic acids is 2. The fourth-order valence-electron chi connectivity index (χ4n) is 3.03. The summed E-state index contributed by atoms with van der Waals surface area (Å²) in [6.07, 6.45) is 4.17. The van der Waals surface area contributed by atoms with E-state index in [0.717, 1.165) is 25.9 Å². The third kappa shape index (κ3) is 4.93. The highest BCUT2D eigenvalue weighted by atomic mass is 16.5. The molecule has 2 aliphatic rings. The topological polar surface area (TPSA) is 82.1 Å². The van der Waals surface area contributed by atoms with E-state index in [1.807, 2.05) is 0 Å². The summed E-state index contributed by atoms with van der Waals surface area (Å²) in [6, 6.07) is 0.249. The molecule has 0 radical (unpaired) electrons. The number of hydrogen-bond acceptors (Lipinski definition) is 5. The van der Waals surface area contributed by atoms with Crippen molar-refractivity contribution in [2.24, 2.45) is 0 Å². The van der Waals surface area contributed by atoms with Crippen molar-refractivity contribution >= 4 is 11.8 Å². The normalized spacial score (nSPS) is 23.3. The van der Waals surface area contributed by atoms with Crippen molar-refractivity contribution in [1.82, 2.24) is 15.1 Å². The largest absolute Gasteiger partial charge is 0.395 e. The molecule has 2 rings (SSSR count). The Morgan fingerprint density at radius 3 is 2.68 bits per heavy atom. The van der Waals surface area contributed by atoms with Crippen molar-refractivity contribution in [3.63, 3.8) is 0 Å². The van der Waals surface area contributed by atoms with Crippen LogP contribution in [-0.2, 0) is 14.3 Å². The quantitative estimate of drug-likeness (QED) is 0.513. The number of morpholine rings is 1. The van der Waals surface area contributed by atoms with Gasteiger partial charge in [-0.1, -0.05) is 6.42 Å². The maximum absolute atomic E-state index is 11.9.